The highest BCUT2D eigenvalue weighted by Crippen LogP contribution is 2.43. The summed E-state index contributed by atoms with van der Waals surface area (Å²) in [6, 6.07) is 8.85. The van der Waals surface area contributed by atoms with Gasteiger partial charge in [0.15, 0.2) is 6.79 Å². The lowest BCUT2D eigenvalue weighted by Gasteiger charge is -2.40. The largest absolute Gasteiger partial charge is 0.450 e. The van der Waals surface area contributed by atoms with E-state index in [1.165, 1.54) is 5.69 Å². The molecule has 2 aromatic heterocycles. The maximum Gasteiger partial charge on any atom is 0.410 e. The van der Waals surface area contributed by atoms with Crippen LogP contribution in [0.2, 0.25) is 51.4 Å². The lowest BCUT2D eigenvalue weighted by molar-refractivity contribution is 0.0203. The summed E-state index contributed by atoms with van der Waals surface area (Å²) in [4.78, 5) is 26.4. The van der Waals surface area contributed by atoms with Crippen LogP contribution in [0.1, 0.15) is 40.0 Å². The van der Waals surface area contributed by atoms with E-state index in [4.69, 9.17) is 23.9 Å². The SMILES string of the molecule is CC(C)(C)OC(=O)N1CCC2(CCN(c3ccc4c5c(OCOCC[Si](C)(C)C)ncnc5n(COCC[Si](C)(C)C)c4c3)CC2)C1. The first-order chi connectivity index (χ1) is 22.0. The number of likely N-dealkylation sites (tertiary alicyclic amines) is 1. The zero-order valence-corrected chi connectivity index (χ0v) is 32.3. The molecule has 2 saturated heterocycles. The van der Waals surface area contributed by atoms with Crippen LogP contribution in [0.4, 0.5) is 10.5 Å². The average molecular weight is 684 g/mol. The Balaban J connectivity index is 1.34. The number of ether oxygens (including phenoxy) is 4. The smallest absolute Gasteiger partial charge is 0.410 e. The number of hydrogen-bond donors (Lipinski definition) is 0. The number of nitrogens with zero attached hydrogens (tertiary/aromatic N) is 5. The van der Waals surface area contributed by atoms with Crippen molar-refractivity contribution in [1.29, 1.82) is 0 Å². The summed E-state index contributed by atoms with van der Waals surface area (Å²) in [6.07, 6.45) is 4.52. The Labute approximate surface area is 283 Å². The van der Waals surface area contributed by atoms with E-state index in [-0.39, 0.29) is 18.3 Å². The van der Waals surface area contributed by atoms with Gasteiger partial charge in [0.1, 0.15) is 24.3 Å². The molecule has 5 rings (SSSR count). The van der Waals surface area contributed by atoms with Gasteiger partial charge in [0.05, 0.1) is 10.9 Å². The number of anilines is 1. The predicted molar refractivity (Wildman–Crippen MR) is 195 cm³/mol. The van der Waals surface area contributed by atoms with Gasteiger partial charge in [0.25, 0.3) is 0 Å². The van der Waals surface area contributed by atoms with Gasteiger partial charge < -0.3 is 33.3 Å². The monoisotopic (exact) mass is 683 g/mol. The van der Waals surface area contributed by atoms with Crippen molar-refractivity contribution < 1.29 is 23.7 Å². The van der Waals surface area contributed by atoms with Gasteiger partial charge in [-0.25, -0.2) is 14.8 Å². The highest BCUT2D eigenvalue weighted by Gasteiger charge is 2.43. The molecule has 12 heteroatoms. The normalized spacial score (nSPS) is 17.3. The molecule has 0 bridgehead atoms. The molecule has 47 heavy (non-hydrogen) atoms. The number of fused-ring (bicyclic) bond motifs is 3. The van der Waals surface area contributed by atoms with Gasteiger partial charge in [0.2, 0.25) is 5.88 Å². The van der Waals surface area contributed by atoms with Crippen molar-refractivity contribution in [1.82, 2.24) is 19.4 Å². The lowest BCUT2D eigenvalue weighted by atomic mass is 9.77. The summed E-state index contributed by atoms with van der Waals surface area (Å²) in [6.45, 7) is 25.4. The highest BCUT2D eigenvalue weighted by atomic mass is 28.3. The van der Waals surface area contributed by atoms with Crippen molar-refractivity contribution in [2.75, 3.05) is 51.1 Å². The number of hydrogen-bond acceptors (Lipinski definition) is 8. The second kappa shape index (κ2) is 14.0. The molecule has 0 saturated carbocycles. The average Bonchev–Trinajstić information content (AvgIpc) is 3.53. The quantitative estimate of drug-likeness (QED) is 0.108. The second-order valence-electron chi connectivity index (χ2n) is 17.0. The molecule has 0 N–H and O–H groups in total. The fourth-order valence-corrected chi connectivity index (χ4v) is 7.95. The number of rotatable bonds is 12. The van der Waals surface area contributed by atoms with Crippen LogP contribution in [0.25, 0.3) is 21.9 Å². The Morgan fingerprint density at radius 3 is 2.23 bits per heavy atom. The van der Waals surface area contributed by atoms with Gasteiger partial charge in [0, 0.05) is 66.6 Å². The minimum Gasteiger partial charge on any atom is -0.450 e. The van der Waals surface area contributed by atoms with E-state index >= 15 is 0 Å². The summed E-state index contributed by atoms with van der Waals surface area (Å²) < 4.78 is 26.1. The Hall–Kier alpha value is -2.68. The van der Waals surface area contributed by atoms with Gasteiger partial charge in [-0.1, -0.05) is 39.3 Å². The van der Waals surface area contributed by atoms with Crippen LogP contribution in [-0.2, 0) is 20.9 Å². The molecular weight excluding hydrogens is 627 g/mol. The molecule has 0 aliphatic carbocycles. The van der Waals surface area contributed by atoms with Crippen LogP contribution in [0, 0.1) is 5.41 Å². The van der Waals surface area contributed by atoms with Crippen molar-refractivity contribution in [3.8, 4) is 5.88 Å². The summed E-state index contributed by atoms with van der Waals surface area (Å²) in [5, 5.41) is 1.94. The molecule has 0 atom stereocenters. The fraction of sp³-hybridized carbons (Fsp3) is 0.686. The summed E-state index contributed by atoms with van der Waals surface area (Å²) in [7, 11) is -2.41. The maximum atomic E-state index is 12.8. The summed E-state index contributed by atoms with van der Waals surface area (Å²) >= 11 is 0. The van der Waals surface area contributed by atoms with Crippen molar-refractivity contribution >= 4 is 49.9 Å². The van der Waals surface area contributed by atoms with Crippen molar-refractivity contribution in [3.05, 3.63) is 24.5 Å². The van der Waals surface area contributed by atoms with Crippen LogP contribution < -0.4 is 9.64 Å². The van der Waals surface area contributed by atoms with Gasteiger partial charge in [-0.2, -0.15) is 0 Å². The van der Waals surface area contributed by atoms with Crippen LogP contribution in [0.15, 0.2) is 24.5 Å². The molecule has 3 aromatic rings. The van der Waals surface area contributed by atoms with Crippen molar-refractivity contribution in [2.24, 2.45) is 5.41 Å². The van der Waals surface area contributed by atoms with E-state index in [1.54, 1.807) is 6.33 Å². The first-order valence-electron chi connectivity index (χ1n) is 17.3. The molecule has 2 fully saturated rings. The molecular formula is C35H57N5O5Si2. The van der Waals surface area contributed by atoms with Gasteiger partial charge in [-0.3, -0.25) is 0 Å². The van der Waals surface area contributed by atoms with Gasteiger partial charge >= 0.3 is 6.09 Å². The molecule has 1 spiro atoms. The van der Waals surface area contributed by atoms with E-state index in [9.17, 15) is 4.79 Å². The van der Waals surface area contributed by atoms with E-state index < -0.39 is 21.7 Å². The van der Waals surface area contributed by atoms with E-state index in [1.807, 2.05) is 25.7 Å². The first-order valence-corrected chi connectivity index (χ1v) is 24.7. The molecule has 4 heterocycles. The number of carbonyl (C=O) groups excluding carboxylic acids is 1. The number of piperidine rings is 1. The third-order valence-electron chi connectivity index (χ3n) is 9.36. The van der Waals surface area contributed by atoms with Gasteiger partial charge in [-0.05, 0) is 75.7 Å². The Kier molecular flexibility index (Phi) is 10.6. The molecule has 1 aromatic carbocycles. The Morgan fingerprint density at radius 2 is 1.57 bits per heavy atom. The molecule has 260 valence electrons. The summed E-state index contributed by atoms with van der Waals surface area (Å²) in [5.74, 6) is 0.539. The standard InChI is InChI=1S/C35H57N5O5Si2/c1-34(2,3)45-33(41)39-17-14-35(23-39)12-15-38(16-13-35)27-10-11-28-29(22-27)40(25-42-18-20-46(4,5)6)31-30(28)32(37-24-36-31)44-26-43-19-21-47(7,8)9/h10-11,22,24H,12-21,23,25-26H2,1-9H3. The Morgan fingerprint density at radius 1 is 0.915 bits per heavy atom. The molecule has 1 amide bonds. The van der Waals surface area contributed by atoms with Crippen molar-refractivity contribution in [2.45, 2.75) is 104 Å². The minimum absolute atomic E-state index is 0.162. The van der Waals surface area contributed by atoms with E-state index in [2.05, 4.69) is 71.9 Å². The minimum atomic E-state index is -1.22. The van der Waals surface area contributed by atoms with Crippen LogP contribution in [0.5, 0.6) is 5.88 Å². The number of aromatic nitrogens is 3. The highest BCUT2D eigenvalue weighted by molar-refractivity contribution is 6.76. The molecule has 10 nitrogen and oxygen atoms in total. The molecule has 0 unspecified atom stereocenters. The van der Waals surface area contributed by atoms with Crippen LogP contribution in [0.3, 0.4) is 0 Å². The number of benzene rings is 1. The summed E-state index contributed by atoms with van der Waals surface area (Å²) in [5.41, 5.74) is 2.74. The topological polar surface area (TPSA) is 91.2 Å². The van der Waals surface area contributed by atoms with Crippen molar-refractivity contribution in [3.63, 3.8) is 0 Å². The fourth-order valence-electron chi connectivity index (χ4n) is 6.44. The van der Waals surface area contributed by atoms with Gasteiger partial charge in [-0.15, -0.1) is 0 Å². The zero-order valence-electron chi connectivity index (χ0n) is 30.3. The second-order valence-corrected chi connectivity index (χ2v) is 28.2. The molecule has 0 radical (unpaired) electrons. The molecule has 2 aliphatic heterocycles. The molecule has 2 aliphatic rings. The van der Waals surface area contributed by atoms with E-state index in [0.717, 1.165) is 86.1 Å². The Bertz CT molecular complexity index is 1530. The van der Waals surface area contributed by atoms with E-state index in [0.29, 0.717) is 19.2 Å². The maximum absolute atomic E-state index is 12.8. The zero-order chi connectivity index (χ0) is 34.0. The van der Waals surface area contributed by atoms with Crippen LogP contribution >= 0.6 is 0 Å². The third-order valence-corrected chi connectivity index (χ3v) is 12.8. The lowest BCUT2D eigenvalue weighted by Crippen LogP contribution is -2.43. The number of carbonyl (C=O) groups is 1. The first kappa shape index (κ1) is 35.6. The van der Waals surface area contributed by atoms with Crippen LogP contribution in [-0.4, -0.2) is 93.5 Å². The predicted octanol–water partition coefficient (Wildman–Crippen LogP) is 7.82. The number of amides is 1. The third kappa shape index (κ3) is 9.27.